The summed E-state index contributed by atoms with van der Waals surface area (Å²) in [6, 6.07) is 17.8. The van der Waals surface area contributed by atoms with E-state index in [4.69, 9.17) is 5.53 Å². The molecule has 2 aliphatic heterocycles. The summed E-state index contributed by atoms with van der Waals surface area (Å²) < 4.78 is 0. The summed E-state index contributed by atoms with van der Waals surface area (Å²) in [6.45, 7) is 9.79. The van der Waals surface area contributed by atoms with Gasteiger partial charge in [0.15, 0.2) is 0 Å². The van der Waals surface area contributed by atoms with E-state index >= 15 is 0 Å². The highest BCUT2D eigenvalue weighted by molar-refractivity contribution is 5.70. The molecule has 5 heteroatoms. The molecule has 0 fully saturated rings. The zero-order valence-corrected chi connectivity index (χ0v) is 21.9. The van der Waals surface area contributed by atoms with Crippen molar-refractivity contribution in [2.45, 2.75) is 57.4 Å². The first kappa shape index (κ1) is 24.8. The first-order valence-corrected chi connectivity index (χ1v) is 12.6. The number of hydrogen-bond acceptors (Lipinski definition) is 2. The lowest BCUT2D eigenvalue weighted by Gasteiger charge is -2.25. The average Bonchev–Trinajstić information content (AvgIpc) is 3.16. The standard InChI is InChI=1S/C30H37N5/c1-29(2)23-13-7-9-15-25(23)34(5)27(29)19-17-22(12-11-21-32-33-31)18-20-28-30(3,4)24-14-8-10-16-26(24)35(28)6/h7-10,13-20,27H,11-12,21H2,1-6H3/p+1/b19-17+,22-18+,28-20+. The zero-order valence-electron chi connectivity index (χ0n) is 21.9. The normalized spacial score (nSPS) is 23.4. The van der Waals surface area contributed by atoms with E-state index in [-0.39, 0.29) is 10.8 Å². The van der Waals surface area contributed by atoms with Crippen molar-refractivity contribution in [3.8, 4) is 0 Å². The third kappa shape index (κ3) is 4.54. The Morgan fingerprint density at radius 3 is 2.46 bits per heavy atom. The second-order valence-corrected chi connectivity index (χ2v) is 10.8. The van der Waals surface area contributed by atoms with E-state index in [1.54, 1.807) is 0 Å². The Bertz CT molecular complexity index is 1230. The molecule has 2 heterocycles. The number of nitrogens with one attached hydrogen (secondary N) is 1. The SMILES string of the molecule is CN1/C(=C/C=C(/C=C/C2[NH+](C)c3ccccc3C2(C)C)CCCN=[N+]=[N-])C(C)(C)c2ccccc21. The number of allylic oxidation sites excluding steroid dienone is 5. The second kappa shape index (κ2) is 9.77. The minimum absolute atomic E-state index is 0.0543. The summed E-state index contributed by atoms with van der Waals surface area (Å²) in [5.74, 6) is 0. The highest BCUT2D eigenvalue weighted by Crippen LogP contribution is 2.46. The van der Waals surface area contributed by atoms with E-state index in [1.807, 2.05) is 0 Å². The number of azide groups is 1. The maximum atomic E-state index is 8.68. The first-order valence-electron chi connectivity index (χ1n) is 12.6. The van der Waals surface area contributed by atoms with Crippen LogP contribution in [0.3, 0.4) is 0 Å². The van der Waals surface area contributed by atoms with E-state index in [1.165, 1.54) is 38.7 Å². The van der Waals surface area contributed by atoms with Crippen molar-refractivity contribution >= 4 is 11.4 Å². The maximum absolute atomic E-state index is 8.68. The number of fused-ring (bicyclic) bond motifs is 2. The minimum atomic E-state index is -0.0543. The molecule has 0 radical (unpaired) electrons. The van der Waals surface area contributed by atoms with Gasteiger partial charge in [-0.15, -0.1) is 0 Å². The molecule has 0 spiro atoms. The predicted octanol–water partition coefficient (Wildman–Crippen LogP) is 6.38. The van der Waals surface area contributed by atoms with E-state index < -0.39 is 0 Å². The molecule has 1 N–H and O–H groups in total. The predicted molar refractivity (Wildman–Crippen MR) is 146 cm³/mol. The molecule has 2 atom stereocenters. The number of nitrogens with zero attached hydrogens (tertiary/aromatic N) is 4. The fourth-order valence-electron chi connectivity index (χ4n) is 5.98. The lowest BCUT2D eigenvalue weighted by atomic mass is 9.80. The molecule has 0 aromatic heterocycles. The minimum Gasteiger partial charge on any atom is -0.347 e. The van der Waals surface area contributed by atoms with Gasteiger partial charge in [-0.05, 0) is 67.6 Å². The van der Waals surface area contributed by atoms with Crippen LogP contribution in [0.15, 0.2) is 89.2 Å². The van der Waals surface area contributed by atoms with E-state index in [0.717, 1.165) is 12.8 Å². The average molecular weight is 469 g/mol. The van der Waals surface area contributed by atoms with Crippen molar-refractivity contribution in [2.75, 3.05) is 25.5 Å². The molecule has 0 aliphatic carbocycles. The molecule has 2 aromatic carbocycles. The number of benzene rings is 2. The molecule has 5 nitrogen and oxygen atoms in total. The summed E-state index contributed by atoms with van der Waals surface area (Å²) in [4.78, 5) is 6.66. The molecule has 0 saturated heterocycles. The maximum Gasteiger partial charge on any atom is 0.135 e. The van der Waals surface area contributed by atoms with Crippen LogP contribution in [0, 0.1) is 0 Å². The van der Waals surface area contributed by atoms with Crippen molar-refractivity contribution in [1.82, 2.24) is 0 Å². The van der Waals surface area contributed by atoms with Crippen LogP contribution in [0.25, 0.3) is 10.4 Å². The summed E-state index contributed by atoms with van der Waals surface area (Å²) in [7, 11) is 4.42. The van der Waals surface area contributed by atoms with Gasteiger partial charge in [-0.2, -0.15) is 0 Å². The monoisotopic (exact) mass is 468 g/mol. The molecule has 0 saturated carbocycles. The fourth-order valence-corrected chi connectivity index (χ4v) is 5.98. The van der Waals surface area contributed by atoms with Gasteiger partial charge in [0.25, 0.3) is 0 Å². The number of para-hydroxylation sites is 2. The Balaban J connectivity index is 1.64. The van der Waals surface area contributed by atoms with Crippen molar-refractivity contribution < 1.29 is 4.90 Å². The van der Waals surface area contributed by atoms with Gasteiger partial charge in [-0.1, -0.05) is 67.5 Å². The third-order valence-corrected chi connectivity index (χ3v) is 7.98. The lowest BCUT2D eigenvalue weighted by molar-refractivity contribution is -0.828. The van der Waals surface area contributed by atoms with Crippen LogP contribution in [0.5, 0.6) is 0 Å². The molecular formula is C30H38N5+. The summed E-state index contributed by atoms with van der Waals surface area (Å²) >= 11 is 0. The van der Waals surface area contributed by atoms with Crippen molar-refractivity contribution in [2.24, 2.45) is 5.11 Å². The van der Waals surface area contributed by atoms with Gasteiger partial charge in [0.05, 0.1) is 12.5 Å². The smallest absolute Gasteiger partial charge is 0.135 e. The molecular weight excluding hydrogens is 430 g/mol. The number of quaternary nitrogens is 1. The molecule has 35 heavy (non-hydrogen) atoms. The van der Waals surface area contributed by atoms with Crippen LogP contribution in [-0.4, -0.2) is 26.7 Å². The van der Waals surface area contributed by atoms with Gasteiger partial charge < -0.3 is 4.90 Å². The van der Waals surface area contributed by atoms with Crippen LogP contribution in [0.2, 0.25) is 0 Å². The number of hydrogen-bond donors (Lipinski definition) is 1. The van der Waals surface area contributed by atoms with Gasteiger partial charge in [-0.3, -0.25) is 4.90 Å². The quantitative estimate of drug-likeness (QED) is 0.166. The number of likely N-dealkylation sites (N-methyl/N-ethyl adjacent to an activating group) is 2. The second-order valence-electron chi connectivity index (χ2n) is 10.8. The van der Waals surface area contributed by atoms with Crippen molar-refractivity contribution in [3.63, 3.8) is 0 Å². The molecule has 4 rings (SSSR count). The lowest BCUT2D eigenvalue weighted by Crippen LogP contribution is -3.07. The van der Waals surface area contributed by atoms with Crippen LogP contribution in [-0.2, 0) is 10.8 Å². The summed E-state index contributed by atoms with van der Waals surface area (Å²) in [6.07, 6.45) is 10.9. The van der Waals surface area contributed by atoms with E-state index in [0.29, 0.717) is 12.6 Å². The largest absolute Gasteiger partial charge is 0.347 e. The fraction of sp³-hybridized carbons (Fsp3) is 0.400. The Labute approximate surface area is 210 Å². The third-order valence-electron chi connectivity index (χ3n) is 7.98. The summed E-state index contributed by atoms with van der Waals surface area (Å²) in [5, 5.41) is 3.74. The van der Waals surface area contributed by atoms with Gasteiger partial charge in [0.2, 0.25) is 0 Å². The highest BCUT2D eigenvalue weighted by atomic mass is 15.2. The number of anilines is 1. The molecule has 2 aliphatic rings. The van der Waals surface area contributed by atoms with Crippen LogP contribution in [0.4, 0.5) is 11.4 Å². The number of rotatable bonds is 7. The van der Waals surface area contributed by atoms with Crippen LogP contribution >= 0.6 is 0 Å². The summed E-state index contributed by atoms with van der Waals surface area (Å²) in [5.41, 5.74) is 16.7. The Morgan fingerprint density at radius 1 is 1.09 bits per heavy atom. The van der Waals surface area contributed by atoms with Crippen LogP contribution < -0.4 is 9.80 Å². The van der Waals surface area contributed by atoms with Crippen LogP contribution in [0.1, 0.15) is 51.7 Å². The molecule has 0 amide bonds. The van der Waals surface area contributed by atoms with E-state index in [2.05, 4.69) is 130 Å². The molecule has 182 valence electrons. The molecule has 0 bridgehead atoms. The molecule has 2 unspecified atom stereocenters. The van der Waals surface area contributed by atoms with Crippen molar-refractivity contribution in [1.29, 1.82) is 0 Å². The van der Waals surface area contributed by atoms with Gasteiger partial charge in [0, 0.05) is 40.9 Å². The Hall–Kier alpha value is -3.27. The van der Waals surface area contributed by atoms with Crippen molar-refractivity contribution in [3.05, 3.63) is 106 Å². The Kier molecular flexibility index (Phi) is 6.93. The molecule has 2 aromatic rings. The highest BCUT2D eigenvalue weighted by Gasteiger charge is 2.46. The Morgan fingerprint density at radius 2 is 1.77 bits per heavy atom. The first-order chi connectivity index (χ1) is 16.7. The van der Waals surface area contributed by atoms with Gasteiger partial charge >= 0.3 is 0 Å². The van der Waals surface area contributed by atoms with E-state index in [9.17, 15) is 0 Å². The van der Waals surface area contributed by atoms with Gasteiger partial charge in [0.1, 0.15) is 11.7 Å². The van der Waals surface area contributed by atoms with Gasteiger partial charge in [-0.25, -0.2) is 0 Å². The topological polar surface area (TPSA) is 56.4 Å². The zero-order chi connectivity index (χ0) is 25.2.